The van der Waals surface area contributed by atoms with Gasteiger partial charge in [-0.25, -0.2) is 8.78 Å². The number of allylic oxidation sites excluding steroid dienone is 2. The largest absolute Gasteiger partial charge is 0.206 e. The minimum absolute atomic E-state index is 0.175. The van der Waals surface area contributed by atoms with Crippen LogP contribution < -0.4 is 0 Å². The number of aryl methyl sites for hydroxylation is 1. The average Bonchev–Trinajstić information content (AvgIpc) is 2.82. The van der Waals surface area contributed by atoms with Crippen LogP contribution in [0.1, 0.15) is 108 Å². The monoisotopic (exact) mass is 452 g/mol. The van der Waals surface area contributed by atoms with Gasteiger partial charge in [0.2, 0.25) is 0 Å². The summed E-state index contributed by atoms with van der Waals surface area (Å²) in [4.78, 5) is 0. The zero-order chi connectivity index (χ0) is 23.2. The molecule has 0 saturated heterocycles. The standard InChI is InChI=1S/C31H42F2/c1-3-5-7-9-10-22-12-13-25-19-26(16-15-24(25)18-22)28-20-27-17-14-23(11-8-6-4-2)31(33)30(27)29(32)21-28/h4,6,14,17,20-22,24-26H,3,5,7-13,15-16,18-19H2,1-2H3/b6-4+/t22?,24-,25?,26-/m1/s1. The third-order valence-electron chi connectivity index (χ3n) is 8.58. The molecule has 4 atom stereocenters. The average molecular weight is 453 g/mol. The van der Waals surface area contributed by atoms with E-state index in [9.17, 15) is 0 Å². The summed E-state index contributed by atoms with van der Waals surface area (Å²) in [5, 5.41) is 0.893. The number of unbranched alkanes of at least 4 members (excludes halogenated alkanes) is 3. The smallest absolute Gasteiger partial charge is 0.137 e. The van der Waals surface area contributed by atoms with Gasteiger partial charge < -0.3 is 0 Å². The van der Waals surface area contributed by atoms with Crippen LogP contribution >= 0.6 is 0 Å². The van der Waals surface area contributed by atoms with Crippen LogP contribution in [-0.4, -0.2) is 0 Å². The van der Waals surface area contributed by atoms with E-state index in [0.717, 1.165) is 41.5 Å². The Kier molecular flexibility index (Phi) is 8.61. The molecule has 2 aliphatic rings. The number of rotatable bonds is 9. The van der Waals surface area contributed by atoms with E-state index >= 15 is 8.78 Å². The van der Waals surface area contributed by atoms with E-state index in [1.807, 2.05) is 31.2 Å². The highest BCUT2D eigenvalue weighted by Crippen LogP contribution is 2.49. The first-order valence-corrected chi connectivity index (χ1v) is 13.6. The van der Waals surface area contributed by atoms with Gasteiger partial charge in [0.05, 0.1) is 5.39 Å². The summed E-state index contributed by atoms with van der Waals surface area (Å²) >= 11 is 0. The predicted molar refractivity (Wildman–Crippen MR) is 137 cm³/mol. The van der Waals surface area contributed by atoms with Crippen LogP contribution in [0.4, 0.5) is 8.78 Å². The summed E-state index contributed by atoms with van der Waals surface area (Å²) < 4.78 is 30.2. The van der Waals surface area contributed by atoms with Crippen molar-refractivity contribution < 1.29 is 8.78 Å². The lowest BCUT2D eigenvalue weighted by molar-refractivity contribution is 0.113. The molecule has 2 fully saturated rings. The van der Waals surface area contributed by atoms with Crippen molar-refractivity contribution in [1.29, 1.82) is 0 Å². The van der Waals surface area contributed by atoms with Crippen molar-refractivity contribution in [2.24, 2.45) is 17.8 Å². The molecule has 2 aromatic rings. The maximum Gasteiger partial charge on any atom is 0.137 e. The number of hydrogen-bond acceptors (Lipinski definition) is 0. The van der Waals surface area contributed by atoms with Crippen molar-refractivity contribution in [3.8, 4) is 0 Å². The highest BCUT2D eigenvalue weighted by Gasteiger charge is 2.36. The van der Waals surface area contributed by atoms with Crippen LogP contribution in [0, 0.1) is 29.4 Å². The SMILES string of the molecule is C/C=C/CCc1ccc2cc([C@@H]3CC[C@@H]4CC(CCCCCC)CCC4C3)cc(F)c2c1F. The highest BCUT2D eigenvalue weighted by atomic mass is 19.1. The Morgan fingerprint density at radius 2 is 1.76 bits per heavy atom. The van der Waals surface area contributed by atoms with Crippen LogP contribution in [0.15, 0.2) is 36.4 Å². The highest BCUT2D eigenvalue weighted by molar-refractivity contribution is 5.85. The quantitative estimate of drug-likeness (QED) is 0.262. The Hall–Kier alpha value is -1.70. The maximum atomic E-state index is 15.1. The Morgan fingerprint density at radius 1 is 0.939 bits per heavy atom. The fourth-order valence-corrected chi connectivity index (χ4v) is 6.68. The van der Waals surface area contributed by atoms with Crippen molar-refractivity contribution in [3.63, 3.8) is 0 Å². The number of halogens is 2. The van der Waals surface area contributed by atoms with Crippen LogP contribution in [0.25, 0.3) is 10.8 Å². The Labute approximate surface area is 199 Å². The van der Waals surface area contributed by atoms with Crippen LogP contribution in [-0.2, 0) is 6.42 Å². The molecule has 33 heavy (non-hydrogen) atoms. The second-order valence-corrected chi connectivity index (χ2v) is 10.8. The van der Waals surface area contributed by atoms with Gasteiger partial charge in [-0.3, -0.25) is 0 Å². The molecule has 0 bridgehead atoms. The summed E-state index contributed by atoms with van der Waals surface area (Å²) in [6, 6.07) is 7.49. The molecular weight excluding hydrogens is 410 g/mol. The minimum atomic E-state index is -0.384. The van der Waals surface area contributed by atoms with E-state index in [0.29, 0.717) is 17.9 Å². The molecule has 0 aromatic heterocycles. The molecule has 0 heterocycles. The van der Waals surface area contributed by atoms with Gasteiger partial charge in [-0.2, -0.15) is 0 Å². The van der Waals surface area contributed by atoms with Gasteiger partial charge in [0.1, 0.15) is 11.6 Å². The molecule has 2 aromatic carbocycles. The molecule has 4 rings (SSSR count). The molecular formula is C31H42F2. The topological polar surface area (TPSA) is 0 Å². The van der Waals surface area contributed by atoms with Gasteiger partial charge in [-0.1, -0.05) is 75.8 Å². The van der Waals surface area contributed by atoms with Gasteiger partial charge in [0.25, 0.3) is 0 Å². The van der Waals surface area contributed by atoms with Crippen molar-refractivity contribution in [2.75, 3.05) is 0 Å². The van der Waals surface area contributed by atoms with Gasteiger partial charge in [-0.15, -0.1) is 0 Å². The van der Waals surface area contributed by atoms with E-state index in [-0.39, 0.29) is 17.0 Å². The first-order valence-electron chi connectivity index (χ1n) is 13.6. The van der Waals surface area contributed by atoms with E-state index in [4.69, 9.17) is 0 Å². The first kappa shape index (κ1) is 24.4. The van der Waals surface area contributed by atoms with Crippen LogP contribution in [0.5, 0.6) is 0 Å². The predicted octanol–water partition coefficient (Wildman–Crippen LogP) is 9.90. The molecule has 0 radical (unpaired) electrons. The minimum Gasteiger partial charge on any atom is -0.206 e. The third-order valence-corrected chi connectivity index (χ3v) is 8.58. The van der Waals surface area contributed by atoms with E-state index in [1.165, 1.54) is 64.2 Å². The van der Waals surface area contributed by atoms with Crippen molar-refractivity contribution >= 4 is 10.8 Å². The summed E-state index contributed by atoms with van der Waals surface area (Å²) in [5.74, 6) is 2.26. The Morgan fingerprint density at radius 3 is 2.58 bits per heavy atom. The molecule has 2 heteroatoms. The van der Waals surface area contributed by atoms with Crippen LogP contribution in [0.2, 0.25) is 0 Å². The molecule has 0 spiro atoms. The lowest BCUT2D eigenvalue weighted by Gasteiger charge is -2.42. The summed E-state index contributed by atoms with van der Waals surface area (Å²) in [6.45, 7) is 4.25. The van der Waals surface area contributed by atoms with Gasteiger partial charge >= 0.3 is 0 Å². The molecule has 2 saturated carbocycles. The lowest BCUT2D eigenvalue weighted by Crippen LogP contribution is -2.30. The zero-order valence-electron chi connectivity index (χ0n) is 20.7. The van der Waals surface area contributed by atoms with E-state index < -0.39 is 0 Å². The van der Waals surface area contributed by atoms with Crippen molar-refractivity contribution in [1.82, 2.24) is 0 Å². The van der Waals surface area contributed by atoms with Gasteiger partial charge in [0.15, 0.2) is 0 Å². The fraction of sp³-hybridized carbons (Fsp3) is 0.613. The van der Waals surface area contributed by atoms with Gasteiger partial charge in [0, 0.05) is 0 Å². The summed E-state index contributed by atoms with van der Waals surface area (Å²) in [5.41, 5.74) is 1.69. The Bertz CT molecular complexity index is 944. The first-order chi connectivity index (χ1) is 16.1. The van der Waals surface area contributed by atoms with Crippen molar-refractivity contribution in [2.45, 2.75) is 103 Å². The van der Waals surface area contributed by atoms with E-state index in [1.54, 1.807) is 6.07 Å². The number of benzene rings is 2. The molecule has 0 aliphatic heterocycles. The fourth-order valence-electron chi connectivity index (χ4n) is 6.68. The summed E-state index contributed by atoms with van der Waals surface area (Å²) in [7, 11) is 0. The molecule has 0 N–H and O–H groups in total. The van der Waals surface area contributed by atoms with Crippen LogP contribution in [0.3, 0.4) is 0 Å². The van der Waals surface area contributed by atoms with Gasteiger partial charge in [-0.05, 0) is 98.1 Å². The molecule has 180 valence electrons. The molecule has 0 amide bonds. The number of hydrogen-bond donors (Lipinski definition) is 0. The second kappa shape index (κ2) is 11.6. The molecule has 2 unspecified atom stereocenters. The molecule has 0 nitrogen and oxygen atoms in total. The summed E-state index contributed by atoms with van der Waals surface area (Å²) in [6.07, 6.45) is 20.1. The van der Waals surface area contributed by atoms with E-state index in [2.05, 4.69) is 13.0 Å². The Balaban J connectivity index is 1.41. The normalized spacial score (nSPS) is 25.6. The molecule has 2 aliphatic carbocycles. The number of fused-ring (bicyclic) bond motifs is 2. The maximum absolute atomic E-state index is 15.1. The third kappa shape index (κ3) is 5.87. The second-order valence-electron chi connectivity index (χ2n) is 10.8. The zero-order valence-corrected chi connectivity index (χ0v) is 20.7. The van der Waals surface area contributed by atoms with Crippen molar-refractivity contribution in [3.05, 3.63) is 59.2 Å². The lowest BCUT2D eigenvalue weighted by atomic mass is 9.63.